The van der Waals surface area contributed by atoms with E-state index in [0.29, 0.717) is 5.71 Å². The van der Waals surface area contributed by atoms with Gasteiger partial charge in [0.1, 0.15) is 0 Å². The van der Waals surface area contributed by atoms with Crippen molar-refractivity contribution in [3.8, 4) is 0 Å². The van der Waals surface area contributed by atoms with Crippen molar-refractivity contribution in [2.24, 2.45) is 5.41 Å². The maximum Gasteiger partial charge on any atom is 0.0448 e. The lowest BCUT2D eigenvalue weighted by atomic mass is 9.77. The zero-order chi connectivity index (χ0) is 18.5. The molecule has 0 radical (unpaired) electrons. The van der Waals surface area contributed by atoms with Crippen LogP contribution in [-0.2, 0) is 0 Å². The summed E-state index contributed by atoms with van der Waals surface area (Å²) in [5.41, 5.74) is 6.87. The van der Waals surface area contributed by atoms with Gasteiger partial charge in [-0.25, -0.2) is 0 Å². The van der Waals surface area contributed by atoms with E-state index in [2.05, 4.69) is 94.4 Å². The van der Waals surface area contributed by atoms with Crippen LogP contribution in [0.3, 0.4) is 0 Å². The third-order valence-electron chi connectivity index (χ3n) is 5.42. The van der Waals surface area contributed by atoms with E-state index < -0.39 is 0 Å². The van der Waals surface area contributed by atoms with Crippen molar-refractivity contribution in [1.82, 2.24) is 0 Å². The Morgan fingerprint density at radius 3 is 2.31 bits per heavy atom. The fraction of sp³-hybridized carbons (Fsp3) is 0.240. The number of fused-ring (bicyclic) bond motifs is 2. The van der Waals surface area contributed by atoms with E-state index in [1.807, 2.05) is 0 Å². The molecule has 26 heavy (non-hydrogen) atoms. The van der Waals surface area contributed by atoms with Gasteiger partial charge in [0, 0.05) is 22.6 Å². The zero-order valence-electron chi connectivity index (χ0n) is 15.9. The molecule has 1 nitrogen and oxygen atoms in total. The molecule has 0 amide bonds. The third-order valence-corrected chi connectivity index (χ3v) is 5.42. The van der Waals surface area contributed by atoms with Crippen molar-refractivity contribution in [3.05, 3.63) is 88.5 Å². The lowest BCUT2D eigenvalue weighted by Gasteiger charge is -2.27. The average Bonchev–Trinajstić information content (AvgIpc) is 2.95. The molecule has 0 aliphatic heterocycles. The second kappa shape index (κ2) is 5.95. The summed E-state index contributed by atoms with van der Waals surface area (Å²) in [5.74, 6) is 0.230. The van der Waals surface area contributed by atoms with Crippen LogP contribution in [0.25, 0.3) is 16.8 Å². The van der Waals surface area contributed by atoms with Crippen LogP contribution in [0.2, 0.25) is 0 Å². The van der Waals surface area contributed by atoms with Gasteiger partial charge in [-0.2, -0.15) is 0 Å². The normalized spacial score (nSPS) is 16.5. The summed E-state index contributed by atoms with van der Waals surface area (Å²) < 4.78 is 0. The third kappa shape index (κ3) is 2.59. The van der Waals surface area contributed by atoms with Crippen molar-refractivity contribution in [3.63, 3.8) is 0 Å². The molecule has 3 aromatic rings. The Balaban J connectivity index is 2.03. The van der Waals surface area contributed by atoms with Crippen LogP contribution < -0.4 is 0 Å². The number of allylic oxidation sites excluding steroid dienone is 1. The van der Waals surface area contributed by atoms with Crippen LogP contribution in [-0.4, -0.2) is 5.71 Å². The lowest BCUT2D eigenvalue weighted by molar-refractivity contribution is 0.588. The number of nitrogens with one attached hydrogen (secondary N) is 1. The molecule has 0 fully saturated rings. The van der Waals surface area contributed by atoms with Crippen LogP contribution in [0, 0.1) is 10.8 Å². The fourth-order valence-corrected chi connectivity index (χ4v) is 4.07. The molecule has 130 valence electrons. The molecule has 1 atom stereocenters. The minimum Gasteiger partial charge on any atom is -0.304 e. The number of hydrogen-bond donors (Lipinski definition) is 1. The first-order valence-electron chi connectivity index (χ1n) is 9.26. The van der Waals surface area contributed by atoms with E-state index in [1.165, 1.54) is 33.0 Å². The van der Waals surface area contributed by atoms with E-state index in [9.17, 15) is 0 Å². The molecular weight excluding hydrogens is 314 g/mol. The van der Waals surface area contributed by atoms with Crippen molar-refractivity contribution in [2.45, 2.75) is 33.6 Å². The smallest absolute Gasteiger partial charge is 0.0448 e. The Kier molecular flexibility index (Phi) is 3.84. The Morgan fingerprint density at radius 2 is 1.54 bits per heavy atom. The van der Waals surface area contributed by atoms with Gasteiger partial charge in [-0.1, -0.05) is 93.1 Å². The van der Waals surface area contributed by atoms with Crippen LogP contribution in [0.4, 0.5) is 0 Å². The summed E-state index contributed by atoms with van der Waals surface area (Å²) in [5, 5.41) is 11.4. The van der Waals surface area contributed by atoms with Gasteiger partial charge in [0.05, 0.1) is 0 Å². The molecule has 1 N–H and O–H groups in total. The van der Waals surface area contributed by atoms with Crippen molar-refractivity contribution >= 4 is 22.6 Å². The standard InChI is InChI=1S/C25H25N/c1-16-15-18-10-6-8-12-20(18)22(16)21-14-13-17-9-5-7-11-19(17)23(21)24(26)25(2,3)4/h5-15,22,26H,1-4H3. The monoisotopic (exact) mass is 339 g/mol. The van der Waals surface area contributed by atoms with Gasteiger partial charge in [-0.05, 0) is 34.4 Å². The summed E-state index contributed by atoms with van der Waals surface area (Å²) in [6, 6.07) is 21.5. The molecule has 0 heterocycles. The Morgan fingerprint density at radius 1 is 0.846 bits per heavy atom. The SMILES string of the molecule is CC1=Cc2ccccc2C1c1ccc2ccccc2c1C(=N)C(C)(C)C. The van der Waals surface area contributed by atoms with E-state index in [0.717, 1.165) is 5.56 Å². The molecular formula is C25H25N. The molecule has 4 rings (SSSR count). The first-order valence-corrected chi connectivity index (χ1v) is 9.26. The van der Waals surface area contributed by atoms with Gasteiger partial charge < -0.3 is 5.41 Å². The first-order chi connectivity index (χ1) is 12.4. The number of hydrogen-bond acceptors (Lipinski definition) is 1. The van der Waals surface area contributed by atoms with Gasteiger partial charge in [0.2, 0.25) is 0 Å². The Labute approximate surface area is 155 Å². The van der Waals surface area contributed by atoms with Crippen molar-refractivity contribution in [2.75, 3.05) is 0 Å². The van der Waals surface area contributed by atoms with Gasteiger partial charge in [-0.15, -0.1) is 0 Å². The molecule has 0 aromatic heterocycles. The molecule has 1 heteroatoms. The van der Waals surface area contributed by atoms with E-state index in [4.69, 9.17) is 5.41 Å². The second-order valence-electron chi connectivity index (χ2n) is 8.33. The zero-order valence-corrected chi connectivity index (χ0v) is 15.9. The summed E-state index contributed by atoms with van der Waals surface area (Å²) in [6.07, 6.45) is 2.29. The maximum atomic E-state index is 9.00. The molecule has 1 aliphatic rings. The van der Waals surface area contributed by atoms with E-state index in [1.54, 1.807) is 0 Å². The fourth-order valence-electron chi connectivity index (χ4n) is 4.07. The van der Waals surface area contributed by atoms with Crippen molar-refractivity contribution in [1.29, 1.82) is 5.41 Å². The molecule has 0 bridgehead atoms. The van der Waals surface area contributed by atoms with Crippen molar-refractivity contribution < 1.29 is 0 Å². The van der Waals surface area contributed by atoms with Crippen LogP contribution in [0.5, 0.6) is 0 Å². The van der Waals surface area contributed by atoms with E-state index >= 15 is 0 Å². The lowest BCUT2D eigenvalue weighted by Crippen LogP contribution is -2.23. The highest BCUT2D eigenvalue weighted by Crippen LogP contribution is 2.44. The number of benzene rings is 3. The number of rotatable bonds is 2. The largest absolute Gasteiger partial charge is 0.304 e. The Bertz CT molecular complexity index is 1050. The summed E-state index contributed by atoms with van der Waals surface area (Å²) in [4.78, 5) is 0. The highest BCUT2D eigenvalue weighted by molar-refractivity contribution is 6.13. The maximum absolute atomic E-state index is 9.00. The predicted octanol–water partition coefficient (Wildman–Crippen LogP) is 6.80. The highest BCUT2D eigenvalue weighted by atomic mass is 14.5. The molecule has 1 aliphatic carbocycles. The average molecular weight is 339 g/mol. The van der Waals surface area contributed by atoms with Crippen LogP contribution in [0.15, 0.2) is 66.2 Å². The molecule has 0 saturated heterocycles. The van der Waals surface area contributed by atoms with Gasteiger partial charge >= 0.3 is 0 Å². The van der Waals surface area contributed by atoms with Gasteiger partial charge in [-0.3, -0.25) is 0 Å². The summed E-state index contributed by atoms with van der Waals surface area (Å²) in [6.45, 7) is 8.61. The quantitative estimate of drug-likeness (QED) is 0.496. The first kappa shape index (κ1) is 16.8. The molecule has 3 aromatic carbocycles. The van der Waals surface area contributed by atoms with Crippen LogP contribution >= 0.6 is 0 Å². The predicted molar refractivity (Wildman–Crippen MR) is 112 cm³/mol. The highest BCUT2D eigenvalue weighted by Gasteiger charge is 2.30. The minimum atomic E-state index is -0.200. The van der Waals surface area contributed by atoms with Crippen LogP contribution in [0.1, 0.15) is 55.9 Å². The van der Waals surface area contributed by atoms with Gasteiger partial charge in [0.15, 0.2) is 0 Å². The minimum absolute atomic E-state index is 0.200. The topological polar surface area (TPSA) is 23.9 Å². The molecule has 0 spiro atoms. The molecule has 1 unspecified atom stereocenters. The second-order valence-corrected chi connectivity index (χ2v) is 8.33. The summed E-state index contributed by atoms with van der Waals surface area (Å²) in [7, 11) is 0. The molecule has 0 saturated carbocycles. The Hall–Kier alpha value is -2.67. The van der Waals surface area contributed by atoms with E-state index in [-0.39, 0.29) is 11.3 Å². The summed E-state index contributed by atoms with van der Waals surface area (Å²) >= 11 is 0. The van der Waals surface area contributed by atoms with Gasteiger partial charge in [0.25, 0.3) is 0 Å².